The Labute approximate surface area is 264 Å². The molecule has 0 bridgehead atoms. The van der Waals surface area contributed by atoms with E-state index in [1.165, 1.54) is 6.92 Å². The van der Waals surface area contributed by atoms with Crippen molar-refractivity contribution in [1.29, 1.82) is 0 Å². The predicted molar refractivity (Wildman–Crippen MR) is 170 cm³/mol. The molecule has 0 saturated heterocycles. The lowest BCUT2D eigenvalue weighted by molar-refractivity contribution is -0.234. The molecule has 1 aromatic heterocycles. The van der Waals surface area contributed by atoms with Crippen molar-refractivity contribution in [2.45, 2.75) is 131 Å². The van der Waals surface area contributed by atoms with Crippen LogP contribution in [-0.2, 0) is 20.7 Å². The number of carbonyl (C=O) groups is 2. The molecule has 0 aliphatic heterocycles. The minimum Gasteiger partial charge on any atom is -0.458 e. The molecule has 0 aromatic carbocycles. The van der Waals surface area contributed by atoms with Gasteiger partial charge in [-0.25, -0.2) is 4.98 Å². The highest BCUT2D eigenvalue weighted by atomic mass is 16.5. The number of ether oxygens (including phenoxy) is 1. The molecular formula is C36H57N3O5. The summed E-state index contributed by atoms with van der Waals surface area (Å²) in [6.07, 6.45) is 10.2. The summed E-state index contributed by atoms with van der Waals surface area (Å²) < 4.78 is 6.12. The SMILES string of the molecule is CC(=O)O[C@H]1C[C@@]2(C)[C@@H](C[C@@H](O)C3[C@]2(C)CC[C@H]2[C@H](C)[C@H](O)CC[C@]32C)/C1=C(/CCCC(C)C)C(=O)NCCc1cnc[nH]1. The van der Waals surface area contributed by atoms with Gasteiger partial charge in [0.05, 0.1) is 18.5 Å². The number of H-pyrrole nitrogens is 1. The smallest absolute Gasteiger partial charge is 0.303 e. The monoisotopic (exact) mass is 611 g/mol. The molecular weight excluding hydrogens is 554 g/mol. The van der Waals surface area contributed by atoms with E-state index >= 15 is 0 Å². The number of aromatic nitrogens is 2. The quantitative estimate of drug-likeness (QED) is 0.208. The second-order valence-corrected chi connectivity index (χ2v) is 15.9. The van der Waals surface area contributed by atoms with E-state index in [2.05, 4.69) is 56.8 Å². The average molecular weight is 612 g/mol. The van der Waals surface area contributed by atoms with Crippen LogP contribution in [0.5, 0.6) is 0 Å². The van der Waals surface area contributed by atoms with Crippen molar-refractivity contribution >= 4 is 11.9 Å². The van der Waals surface area contributed by atoms with Crippen LogP contribution in [0, 0.1) is 45.8 Å². The summed E-state index contributed by atoms with van der Waals surface area (Å²) in [5.74, 6) is 0.707. The molecule has 4 aliphatic rings. The summed E-state index contributed by atoms with van der Waals surface area (Å²) in [5, 5.41) is 26.1. The number of esters is 1. The number of amides is 1. The summed E-state index contributed by atoms with van der Waals surface area (Å²) in [6.45, 7) is 15.6. The average Bonchev–Trinajstić information content (AvgIpc) is 3.55. The van der Waals surface area contributed by atoms with Crippen molar-refractivity contribution in [3.63, 3.8) is 0 Å². The van der Waals surface area contributed by atoms with E-state index in [0.29, 0.717) is 44.1 Å². The van der Waals surface area contributed by atoms with Crippen molar-refractivity contribution in [2.24, 2.45) is 45.8 Å². The normalized spacial score (nSPS) is 41.0. The third-order valence-corrected chi connectivity index (χ3v) is 13.1. The molecule has 4 aliphatic carbocycles. The number of hydrogen-bond donors (Lipinski definition) is 4. The van der Waals surface area contributed by atoms with Crippen LogP contribution in [0.1, 0.15) is 112 Å². The fraction of sp³-hybridized carbons (Fsp3) is 0.806. The number of nitrogens with one attached hydrogen (secondary N) is 2. The molecule has 4 fully saturated rings. The zero-order valence-corrected chi connectivity index (χ0v) is 28.1. The number of aromatic amines is 1. The summed E-state index contributed by atoms with van der Waals surface area (Å²) >= 11 is 0. The summed E-state index contributed by atoms with van der Waals surface area (Å²) in [7, 11) is 0. The molecule has 8 nitrogen and oxygen atoms in total. The molecule has 246 valence electrons. The van der Waals surface area contributed by atoms with Crippen molar-refractivity contribution in [1.82, 2.24) is 15.3 Å². The molecule has 4 saturated carbocycles. The number of rotatable bonds is 9. The predicted octanol–water partition coefficient (Wildman–Crippen LogP) is 5.74. The van der Waals surface area contributed by atoms with Crippen LogP contribution in [0.25, 0.3) is 0 Å². The Morgan fingerprint density at radius 1 is 1.14 bits per heavy atom. The van der Waals surface area contributed by atoms with Gasteiger partial charge in [0.15, 0.2) is 0 Å². The summed E-state index contributed by atoms with van der Waals surface area (Å²) in [4.78, 5) is 33.8. The first-order valence-electron chi connectivity index (χ1n) is 17.2. The van der Waals surface area contributed by atoms with Gasteiger partial charge in [0, 0.05) is 37.4 Å². The van der Waals surface area contributed by atoms with E-state index in [4.69, 9.17) is 4.74 Å². The van der Waals surface area contributed by atoms with Gasteiger partial charge in [0.1, 0.15) is 6.10 Å². The Hall–Kier alpha value is -2.19. The molecule has 5 rings (SSSR count). The van der Waals surface area contributed by atoms with Crippen LogP contribution < -0.4 is 5.32 Å². The van der Waals surface area contributed by atoms with E-state index in [9.17, 15) is 19.8 Å². The van der Waals surface area contributed by atoms with E-state index < -0.39 is 12.2 Å². The number of fused-ring (bicyclic) bond motifs is 5. The van der Waals surface area contributed by atoms with E-state index in [1.54, 1.807) is 12.5 Å². The van der Waals surface area contributed by atoms with Crippen molar-refractivity contribution in [3.05, 3.63) is 29.4 Å². The fourth-order valence-electron chi connectivity index (χ4n) is 10.8. The van der Waals surface area contributed by atoms with Crippen LogP contribution in [0.2, 0.25) is 0 Å². The van der Waals surface area contributed by atoms with Crippen molar-refractivity contribution < 1.29 is 24.5 Å². The zero-order valence-electron chi connectivity index (χ0n) is 28.1. The van der Waals surface area contributed by atoms with Gasteiger partial charge in [-0.15, -0.1) is 0 Å². The lowest BCUT2D eigenvalue weighted by Crippen LogP contribution is -2.65. The largest absolute Gasteiger partial charge is 0.458 e. The third-order valence-electron chi connectivity index (χ3n) is 13.1. The van der Waals surface area contributed by atoms with Crippen LogP contribution in [0.15, 0.2) is 23.7 Å². The first-order chi connectivity index (χ1) is 20.7. The summed E-state index contributed by atoms with van der Waals surface area (Å²) in [6, 6.07) is 0. The topological polar surface area (TPSA) is 125 Å². The van der Waals surface area contributed by atoms with Gasteiger partial charge in [0.2, 0.25) is 5.91 Å². The maximum Gasteiger partial charge on any atom is 0.303 e. The highest BCUT2D eigenvalue weighted by Gasteiger charge is 2.70. The number of hydrogen-bond acceptors (Lipinski definition) is 6. The minimum absolute atomic E-state index is 0.0535. The molecule has 8 heteroatoms. The number of carbonyl (C=O) groups excluding carboxylic acids is 2. The maximum absolute atomic E-state index is 14.1. The van der Waals surface area contributed by atoms with Gasteiger partial charge in [-0.05, 0) is 103 Å². The lowest BCUT2D eigenvalue weighted by Gasteiger charge is -2.69. The molecule has 1 unspecified atom stereocenters. The first-order valence-corrected chi connectivity index (χ1v) is 17.2. The van der Waals surface area contributed by atoms with Gasteiger partial charge >= 0.3 is 5.97 Å². The van der Waals surface area contributed by atoms with Gasteiger partial charge in [-0.1, -0.05) is 48.0 Å². The Bertz CT molecular complexity index is 1230. The second kappa shape index (κ2) is 12.5. The second-order valence-electron chi connectivity index (χ2n) is 15.9. The number of imidazole rings is 1. The molecule has 1 aromatic rings. The Morgan fingerprint density at radius 2 is 1.89 bits per heavy atom. The molecule has 1 heterocycles. The van der Waals surface area contributed by atoms with E-state index in [1.807, 2.05) is 0 Å². The van der Waals surface area contributed by atoms with E-state index in [-0.39, 0.29) is 52.0 Å². The Balaban J connectivity index is 1.54. The fourth-order valence-corrected chi connectivity index (χ4v) is 10.8. The number of aliphatic hydroxyl groups excluding tert-OH is 2. The molecule has 4 N–H and O–H groups in total. The standard InChI is InChI=1S/C36H57N3O5/c1-21(2)9-8-10-25(33(43)38-16-13-24-19-37-20-39-24)31-27-17-29(42)32-34(5)14-12-28(41)22(3)26(34)11-15-35(32,6)36(27,7)18-30(31)44-23(4)40/h19-22,26-30,32,41-42H,8-18H2,1-7H3,(H,37,39)(H,38,43)/b31-25+/t22-,26-,27-,28+,29+,30-,32?,34-,35-,36-/m0/s1. The third kappa shape index (κ3) is 5.67. The lowest BCUT2D eigenvalue weighted by atomic mass is 9.36. The van der Waals surface area contributed by atoms with Crippen molar-refractivity contribution in [2.75, 3.05) is 6.54 Å². The van der Waals surface area contributed by atoms with Gasteiger partial charge in [-0.2, -0.15) is 0 Å². The molecule has 0 radical (unpaired) electrons. The van der Waals surface area contributed by atoms with Crippen LogP contribution in [-0.4, -0.2) is 56.9 Å². The molecule has 0 spiro atoms. The van der Waals surface area contributed by atoms with Gasteiger partial charge < -0.3 is 25.3 Å². The molecule has 10 atom stereocenters. The number of nitrogens with zero attached hydrogens (tertiary/aromatic N) is 1. The van der Waals surface area contributed by atoms with Crippen LogP contribution >= 0.6 is 0 Å². The van der Waals surface area contributed by atoms with Gasteiger partial charge in [0.25, 0.3) is 0 Å². The highest BCUT2D eigenvalue weighted by Crippen LogP contribution is 2.74. The maximum atomic E-state index is 14.1. The van der Waals surface area contributed by atoms with E-state index in [0.717, 1.165) is 55.4 Å². The molecule has 1 amide bonds. The number of aliphatic hydroxyl groups is 2. The van der Waals surface area contributed by atoms with Crippen LogP contribution in [0.4, 0.5) is 0 Å². The minimum atomic E-state index is -0.528. The Kier molecular flexibility index (Phi) is 9.46. The Morgan fingerprint density at radius 3 is 2.55 bits per heavy atom. The summed E-state index contributed by atoms with van der Waals surface area (Å²) in [5.41, 5.74) is 2.13. The highest BCUT2D eigenvalue weighted by molar-refractivity contribution is 5.94. The van der Waals surface area contributed by atoms with Gasteiger partial charge in [-0.3, -0.25) is 9.59 Å². The first kappa shape index (κ1) is 33.2. The zero-order chi connectivity index (χ0) is 32.0. The molecule has 44 heavy (non-hydrogen) atoms. The van der Waals surface area contributed by atoms with Crippen molar-refractivity contribution in [3.8, 4) is 0 Å². The van der Waals surface area contributed by atoms with Crippen LogP contribution in [0.3, 0.4) is 0 Å².